The number of halogens is 1. The number of imidazole rings is 1. The van der Waals surface area contributed by atoms with Gasteiger partial charge in [-0.15, -0.1) is 0 Å². The van der Waals surface area contributed by atoms with Crippen molar-refractivity contribution in [3.05, 3.63) is 36.1 Å². The van der Waals surface area contributed by atoms with E-state index in [1.807, 2.05) is 0 Å². The second kappa shape index (κ2) is 3.17. The highest BCUT2D eigenvalue weighted by atomic mass is 19.1. The summed E-state index contributed by atoms with van der Waals surface area (Å²) in [5.41, 5.74) is 0.348. The summed E-state index contributed by atoms with van der Waals surface area (Å²) in [6.07, 6.45) is 4.72. The summed E-state index contributed by atoms with van der Waals surface area (Å²) in [5, 5.41) is 0. The molecule has 72 valence electrons. The van der Waals surface area contributed by atoms with Crippen LogP contribution >= 0.6 is 0 Å². The van der Waals surface area contributed by atoms with Crippen LogP contribution in [0.4, 0.5) is 4.39 Å². The molecule has 0 saturated heterocycles. The van der Waals surface area contributed by atoms with Gasteiger partial charge in [0.2, 0.25) is 0 Å². The number of nitrogens with zero attached hydrogens (tertiary/aromatic N) is 4. The molecule has 0 saturated carbocycles. The second-order valence-corrected chi connectivity index (χ2v) is 2.96. The minimum Gasteiger partial charge on any atom is -0.288 e. The summed E-state index contributed by atoms with van der Waals surface area (Å²) in [7, 11) is 0. The van der Waals surface area contributed by atoms with E-state index in [0.29, 0.717) is 11.5 Å². The van der Waals surface area contributed by atoms with E-state index in [4.69, 9.17) is 0 Å². The van der Waals surface area contributed by atoms with Crippen molar-refractivity contribution in [3.8, 4) is 5.82 Å². The molecule has 0 aliphatic rings. The molecule has 5 heteroatoms. The average molecular weight is 192 g/mol. The number of hydrogen-bond donors (Lipinski definition) is 0. The number of hydrogen-bond acceptors (Lipinski definition) is 3. The van der Waals surface area contributed by atoms with E-state index in [9.17, 15) is 4.39 Å². The van der Waals surface area contributed by atoms with Gasteiger partial charge in [-0.2, -0.15) is 0 Å². The Labute approximate surface area is 80.5 Å². The van der Waals surface area contributed by atoms with Crippen LogP contribution in [0.1, 0.15) is 11.5 Å². The summed E-state index contributed by atoms with van der Waals surface area (Å²) >= 11 is 0. The van der Waals surface area contributed by atoms with Gasteiger partial charge in [0.1, 0.15) is 12.2 Å². The maximum atomic E-state index is 13.6. The van der Waals surface area contributed by atoms with E-state index >= 15 is 0 Å². The van der Waals surface area contributed by atoms with E-state index in [0.717, 1.165) is 0 Å². The molecule has 0 aliphatic heterocycles. The SMILES string of the molecule is Cc1nc(C)c(F)c(-n2ccnc2)n1. The average Bonchev–Trinajstić information content (AvgIpc) is 2.63. The van der Waals surface area contributed by atoms with Crippen molar-refractivity contribution in [1.29, 1.82) is 0 Å². The normalized spacial score (nSPS) is 10.5. The largest absolute Gasteiger partial charge is 0.288 e. The lowest BCUT2D eigenvalue weighted by Crippen LogP contribution is -2.05. The van der Waals surface area contributed by atoms with E-state index in [1.165, 1.54) is 10.9 Å². The standard InChI is InChI=1S/C9H9FN4/c1-6-8(10)9(13-7(2)12-6)14-4-3-11-5-14/h3-5H,1-2H3. The first-order valence-corrected chi connectivity index (χ1v) is 4.17. The van der Waals surface area contributed by atoms with Gasteiger partial charge >= 0.3 is 0 Å². The first-order valence-electron chi connectivity index (χ1n) is 4.17. The van der Waals surface area contributed by atoms with Gasteiger partial charge in [-0.25, -0.2) is 19.3 Å². The van der Waals surface area contributed by atoms with E-state index in [1.54, 1.807) is 26.2 Å². The molecule has 2 aromatic heterocycles. The van der Waals surface area contributed by atoms with Crippen LogP contribution in [0.15, 0.2) is 18.7 Å². The highest BCUT2D eigenvalue weighted by Crippen LogP contribution is 2.12. The van der Waals surface area contributed by atoms with Crippen molar-refractivity contribution in [2.45, 2.75) is 13.8 Å². The molecule has 2 heterocycles. The molecule has 0 radical (unpaired) electrons. The Morgan fingerprint density at radius 2 is 2.07 bits per heavy atom. The Morgan fingerprint density at radius 1 is 1.29 bits per heavy atom. The number of aromatic nitrogens is 4. The maximum Gasteiger partial charge on any atom is 0.187 e. The van der Waals surface area contributed by atoms with Crippen LogP contribution in [0.25, 0.3) is 5.82 Å². The van der Waals surface area contributed by atoms with E-state index in [-0.39, 0.29) is 5.82 Å². The fourth-order valence-corrected chi connectivity index (χ4v) is 1.24. The zero-order valence-electron chi connectivity index (χ0n) is 7.90. The van der Waals surface area contributed by atoms with E-state index < -0.39 is 5.82 Å². The molecule has 2 aromatic rings. The van der Waals surface area contributed by atoms with Crippen LogP contribution in [0.5, 0.6) is 0 Å². The molecule has 0 atom stereocenters. The minimum absolute atomic E-state index is 0.243. The van der Waals surface area contributed by atoms with Gasteiger partial charge in [0.05, 0.1) is 5.69 Å². The quantitative estimate of drug-likeness (QED) is 0.686. The Morgan fingerprint density at radius 3 is 2.71 bits per heavy atom. The molecular weight excluding hydrogens is 183 g/mol. The summed E-state index contributed by atoms with van der Waals surface area (Å²) in [6, 6.07) is 0. The van der Waals surface area contributed by atoms with Crippen molar-refractivity contribution in [2.75, 3.05) is 0 Å². The lowest BCUT2D eigenvalue weighted by Gasteiger charge is -2.05. The molecule has 0 fully saturated rings. The van der Waals surface area contributed by atoms with Gasteiger partial charge < -0.3 is 0 Å². The van der Waals surface area contributed by atoms with Crippen LogP contribution in [-0.4, -0.2) is 19.5 Å². The van der Waals surface area contributed by atoms with Crippen molar-refractivity contribution >= 4 is 0 Å². The molecule has 0 aromatic carbocycles. The maximum absolute atomic E-state index is 13.6. The van der Waals surface area contributed by atoms with Crippen LogP contribution in [0, 0.1) is 19.7 Å². The number of rotatable bonds is 1. The molecule has 4 nitrogen and oxygen atoms in total. The van der Waals surface area contributed by atoms with Gasteiger partial charge in [0.15, 0.2) is 11.6 Å². The lowest BCUT2D eigenvalue weighted by atomic mass is 10.4. The Kier molecular flexibility index (Phi) is 1.99. The molecule has 0 spiro atoms. The zero-order chi connectivity index (χ0) is 10.1. The molecule has 0 bridgehead atoms. The highest BCUT2D eigenvalue weighted by molar-refractivity contribution is 5.27. The van der Waals surface area contributed by atoms with Gasteiger partial charge in [-0.3, -0.25) is 4.57 Å². The van der Waals surface area contributed by atoms with Gasteiger partial charge in [0.25, 0.3) is 0 Å². The lowest BCUT2D eigenvalue weighted by molar-refractivity contribution is 0.586. The fraction of sp³-hybridized carbons (Fsp3) is 0.222. The van der Waals surface area contributed by atoms with Gasteiger partial charge in [-0.05, 0) is 13.8 Å². The molecule has 0 aliphatic carbocycles. The molecule has 2 rings (SSSR count). The summed E-state index contributed by atoms with van der Waals surface area (Å²) in [6.45, 7) is 3.34. The smallest absolute Gasteiger partial charge is 0.187 e. The third-order valence-corrected chi connectivity index (χ3v) is 1.86. The molecule has 0 unspecified atom stereocenters. The molecule has 0 N–H and O–H groups in total. The predicted octanol–water partition coefficient (Wildman–Crippen LogP) is 1.42. The fourth-order valence-electron chi connectivity index (χ4n) is 1.24. The van der Waals surface area contributed by atoms with Crippen LogP contribution in [0.2, 0.25) is 0 Å². The second-order valence-electron chi connectivity index (χ2n) is 2.96. The Bertz CT molecular complexity index is 450. The zero-order valence-corrected chi connectivity index (χ0v) is 7.90. The van der Waals surface area contributed by atoms with Crippen molar-refractivity contribution in [1.82, 2.24) is 19.5 Å². The summed E-state index contributed by atoms with van der Waals surface area (Å²) in [4.78, 5) is 11.8. The number of aryl methyl sites for hydroxylation is 2. The van der Waals surface area contributed by atoms with Gasteiger partial charge in [-0.1, -0.05) is 0 Å². The third kappa shape index (κ3) is 1.37. The van der Waals surface area contributed by atoms with Gasteiger partial charge in [0, 0.05) is 12.4 Å². The molecule has 0 amide bonds. The Balaban J connectivity index is 2.64. The minimum atomic E-state index is -0.409. The Hall–Kier alpha value is -1.78. The first kappa shape index (κ1) is 8.80. The third-order valence-electron chi connectivity index (χ3n) is 1.86. The van der Waals surface area contributed by atoms with Crippen molar-refractivity contribution < 1.29 is 4.39 Å². The monoisotopic (exact) mass is 192 g/mol. The predicted molar refractivity (Wildman–Crippen MR) is 48.6 cm³/mol. The summed E-state index contributed by atoms with van der Waals surface area (Å²) < 4.78 is 15.1. The molecular formula is C9H9FN4. The molecule has 14 heavy (non-hydrogen) atoms. The summed E-state index contributed by atoms with van der Waals surface area (Å²) in [5.74, 6) is 0.383. The van der Waals surface area contributed by atoms with E-state index in [2.05, 4.69) is 15.0 Å². The first-order chi connectivity index (χ1) is 6.68. The topological polar surface area (TPSA) is 43.6 Å². The van der Waals surface area contributed by atoms with Crippen LogP contribution < -0.4 is 0 Å². The van der Waals surface area contributed by atoms with Crippen molar-refractivity contribution in [2.24, 2.45) is 0 Å². The van der Waals surface area contributed by atoms with Crippen LogP contribution in [-0.2, 0) is 0 Å². The van der Waals surface area contributed by atoms with Crippen LogP contribution in [0.3, 0.4) is 0 Å². The van der Waals surface area contributed by atoms with Crippen molar-refractivity contribution in [3.63, 3.8) is 0 Å². The highest BCUT2D eigenvalue weighted by Gasteiger charge is 2.10.